The van der Waals surface area contributed by atoms with Gasteiger partial charge in [0.15, 0.2) is 17.5 Å². The second kappa shape index (κ2) is 12.1. The Bertz CT molecular complexity index is 2680. The Labute approximate surface area is 301 Å². The summed E-state index contributed by atoms with van der Waals surface area (Å²) in [5.74, 6) is 1.95. The zero-order valence-electron chi connectivity index (χ0n) is 28.7. The molecule has 0 saturated heterocycles. The lowest BCUT2D eigenvalue weighted by molar-refractivity contribution is 0.655. The number of hydrogen-bond donors (Lipinski definition) is 0. The average molecular weight is 675 g/mol. The monoisotopic (exact) mass is 674 g/mol. The van der Waals surface area contributed by atoms with E-state index in [0.717, 1.165) is 48.9 Å². The number of nitrogens with zero attached hydrogens (tertiary/aromatic N) is 4. The molecule has 1 aliphatic carbocycles. The van der Waals surface area contributed by atoms with Gasteiger partial charge in [-0.15, -0.1) is 11.3 Å². The van der Waals surface area contributed by atoms with Gasteiger partial charge in [-0.3, -0.25) is 0 Å². The summed E-state index contributed by atoms with van der Waals surface area (Å²) in [6.07, 6.45) is 6.33. The van der Waals surface area contributed by atoms with E-state index in [2.05, 4.69) is 100 Å². The van der Waals surface area contributed by atoms with Gasteiger partial charge in [-0.05, 0) is 63.6 Å². The molecule has 0 bridgehead atoms. The van der Waals surface area contributed by atoms with Crippen molar-refractivity contribution in [3.05, 3.63) is 163 Å². The fraction of sp³-hybridized carbons (Fsp3) is 0.0870. The highest BCUT2D eigenvalue weighted by atomic mass is 32.1. The molecule has 1 aliphatic rings. The van der Waals surface area contributed by atoms with Crippen LogP contribution in [0.1, 0.15) is 31.9 Å². The van der Waals surface area contributed by atoms with Crippen molar-refractivity contribution in [2.45, 2.75) is 26.2 Å². The lowest BCUT2D eigenvalue weighted by atomic mass is 9.80. The third kappa shape index (κ3) is 5.12. The fourth-order valence-corrected chi connectivity index (χ4v) is 8.48. The van der Waals surface area contributed by atoms with Crippen LogP contribution in [0.15, 0.2) is 152 Å². The van der Waals surface area contributed by atoms with E-state index in [1.165, 1.54) is 32.4 Å². The predicted octanol–water partition coefficient (Wildman–Crippen LogP) is 12.3. The highest BCUT2D eigenvalue weighted by Gasteiger charge is 2.35. The topological polar surface area (TPSA) is 51.6 Å². The van der Waals surface area contributed by atoms with E-state index < -0.39 is 0 Å². The molecule has 0 fully saturated rings. The largest absolute Gasteiger partial charge is 0.235 e. The molecular formula is C46H34N4S. The minimum absolute atomic E-state index is 0.137. The molecule has 2 heterocycles. The molecule has 0 amide bonds. The van der Waals surface area contributed by atoms with Gasteiger partial charge in [0.1, 0.15) is 5.01 Å². The van der Waals surface area contributed by atoms with Gasteiger partial charge < -0.3 is 0 Å². The van der Waals surface area contributed by atoms with Crippen LogP contribution in [-0.4, -0.2) is 19.9 Å². The van der Waals surface area contributed by atoms with Crippen molar-refractivity contribution in [3.63, 3.8) is 0 Å². The van der Waals surface area contributed by atoms with Crippen LogP contribution in [0.3, 0.4) is 0 Å². The maximum Gasteiger partial charge on any atom is 0.164 e. The van der Waals surface area contributed by atoms with Crippen molar-refractivity contribution < 1.29 is 0 Å². The van der Waals surface area contributed by atoms with Crippen LogP contribution in [0.4, 0.5) is 0 Å². The van der Waals surface area contributed by atoms with Gasteiger partial charge in [0.05, 0.1) is 10.2 Å². The van der Waals surface area contributed by atoms with E-state index in [0.29, 0.717) is 17.5 Å². The smallest absolute Gasteiger partial charge is 0.164 e. The molecule has 0 saturated carbocycles. The average Bonchev–Trinajstić information content (AvgIpc) is 3.71. The molecule has 2 aromatic heterocycles. The molecule has 6 aromatic carbocycles. The summed E-state index contributed by atoms with van der Waals surface area (Å²) in [7, 11) is 0. The van der Waals surface area contributed by atoms with Gasteiger partial charge in [0, 0.05) is 33.1 Å². The zero-order chi connectivity index (χ0) is 34.7. The van der Waals surface area contributed by atoms with Crippen LogP contribution in [0.2, 0.25) is 0 Å². The van der Waals surface area contributed by atoms with Crippen LogP contribution >= 0.6 is 11.3 Å². The number of allylic oxidation sites excluding steroid dienone is 5. The van der Waals surface area contributed by atoms with Crippen LogP contribution in [-0.2, 0) is 5.41 Å². The second-order valence-corrected chi connectivity index (χ2v) is 14.5. The van der Waals surface area contributed by atoms with Crippen molar-refractivity contribution >= 4 is 48.7 Å². The first kappa shape index (κ1) is 31.0. The first-order valence-corrected chi connectivity index (χ1v) is 18.0. The van der Waals surface area contributed by atoms with E-state index in [1.807, 2.05) is 66.7 Å². The molecule has 0 atom stereocenters. The summed E-state index contributed by atoms with van der Waals surface area (Å²) in [5, 5.41) is 5.63. The first-order valence-electron chi connectivity index (χ1n) is 17.2. The summed E-state index contributed by atoms with van der Waals surface area (Å²) in [5.41, 5.74) is 9.98. The number of thiazole rings is 1. The molecule has 9 rings (SSSR count). The molecule has 0 spiro atoms. The van der Waals surface area contributed by atoms with E-state index >= 15 is 0 Å². The molecule has 0 radical (unpaired) electrons. The molecule has 5 heteroatoms. The lowest BCUT2D eigenvalue weighted by Gasteiger charge is -2.23. The van der Waals surface area contributed by atoms with Gasteiger partial charge in [-0.2, -0.15) is 0 Å². The van der Waals surface area contributed by atoms with Crippen molar-refractivity contribution in [2.24, 2.45) is 0 Å². The van der Waals surface area contributed by atoms with Gasteiger partial charge >= 0.3 is 0 Å². The third-order valence-electron chi connectivity index (χ3n) is 10.0. The number of rotatable bonds is 6. The number of hydrogen-bond acceptors (Lipinski definition) is 5. The van der Waals surface area contributed by atoms with Crippen molar-refractivity contribution in [1.82, 2.24) is 19.9 Å². The Morgan fingerprint density at radius 3 is 1.92 bits per heavy atom. The Balaban J connectivity index is 1.16. The molecule has 0 unspecified atom stereocenters. The standard InChI is InChI=1S/C46H34N4S/c1-5-13-35-36-24-21-33(27-38(36)46(3,4)37(35)6-2)45-47-41-39(51-45)25-22-28-18-19-31-26-32(20-23-34(31)40(28)41)44-49-42(29-14-9-7-10-15-29)48-43(50-44)30-16-11-8-12-17-30/h5-27H,2H2,1,3-4H3/b13-5-. The molecule has 8 aromatic rings. The highest BCUT2D eigenvalue weighted by Crippen LogP contribution is 2.49. The number of fused-ring (bicyclic) bond motifs is 6. The van der Waals surface area contributed by atoms with Gasteiger partial charge in [0.2, 0.25) is 0 Å². The van der Waals surface area contributed by atoms with Gasteiger partial charge in [0.25, 0.3) is 0 Å². The SMILES string of the molecule is C=CC1=C(/C=C\C)c2ccc(-c3nc4c(ccc5ccc6cc(-c7nc(-c8ccccc8)nc(-c8ccccc8)n7)ccc6c54)s3)cc2C1(C)C. The Kier molecular flexibility index (Phi) is 7.34. The van der Waals surface area contributed by atoms with Gasteiger partial charge in [-0.25, -0.2) is 19.9 Å². The fourth-order valence-electron chi connectivity index (χ4n) is 7.51. The summed E-state index contributed by atoms with van der Waals surface area (Å²) in [6.45, 7) is 10.8. The van der Waals surface area contributed by atoms with Crippen molar-refractivity contribution in [2.75, 3.05) is 0 Å². The van der Waals surface area contributed by atoms with E-state index in [-0.39, 0.29) is 5.41 Å². The van der Waals surface area contributed by atoms with Crippen molar-refractivity contribution in [3.8, 4) is 44.7 Å². The number of benzene rings is 6. The number of aromatic nitrogens is 4. The van der Waals surface area contributed by atoms with Crippen LogP contribution < -0.4 is 0 Å². The zero-order valence-corrected chi connectivity index (χ0v) is 29.5. The molecule has 0 N–H and O–H groups in total. The summed E-state index contributed by atoms with van der Waals surface area (Å²) >= 11 is 1.75. The Morgan fingerprint density at radius 2 is 1.25 bits per heavy atom. The molecule has 51 heavy (non-hydrogen) atoms. The van der Waals surface area contributed by atoms with E-state index in [1.54, 1.807) is 11.3 Å². The minimum Gasteiger partial charge on any atom is -0.235 e. The van der Waals surface area contributed by atoms with E-state index in [4.69, 9.17) is 19.9 Å². The summed E-state index contributed by atoms with van der Waals surface area (Å²) < 4.78 is 1.17. The molecule has 244 valence electrons. The summed E-state index contributed by atoms with van der Waals surface area (Å²) in [6, 6.07) is 42.3. The maximum absolute atomic E-state index is 5.34. The molecular weight excluding hydrogens is 641 g/mol. The molecule has 0 aliphatic heterocycles. The van der Waals surface area contributed by atoms with Crippen LogP contribution in [0.5, 0.6) is 0 Å². The predicted molar refractivity (Wildman–Crippen MR) is 215 cm³/mol. The quantitative estimate of drug-likeness (QED) is 0.165. The minimum atomic E-state index is -0.137. The first-order chi connectivity index (χ1) is 24.9. The van der Waals surface area contributed by atoms with Gasteiger partial charge in [-0.1, -0.05) is 142 Å². The maximum atomic E-state index is 5.34. The van der Waals surface area contributed by atoms with E-state index in [9.17, 15) is 0 Å². The Morgan fingerprint density at radius 1 is 0.627 bits per heavy atom. The van der Waals surface area contributed by atoms with Crippen molar-refractivity contribution in [1.29, 1.82) is 0 Å². The lowest BCUT2D eigenvalue weighted by Crippen LogP contribution is -2.16. The van der Waals surface area contributed by atoms with Crippen LogP contribution in [0, 0.1) is 0 Å². The van der Waals surface area contributed by atoms with Crippen LogP contribution in [0.25, 0.3) is 82.1 Å². The molecule has 4 nitrogen and oxygen atoms in total. The highest BCUT2D eigenvalue weighted by molar-refractivity contribution is 7.21. The second-order valence-electron chi connectivity index (χ2n) is 13.5. The summed E-state index contributed by atoms with van der Waals surface area (Å²) in [4.78, 5) is 20.2. The Hall–Kier alpha value is -6.04. The third-order valence-corrected chi connectivity index (χ3v) is 11.1. The normalized spacial score (nSPS) is 13.9.